The highest BCUT2D eigenvalue weighted by Gasteiger charge is 2.40. The van der Waals surface area contributed by atoms with Crippen LogP contribution in [0.2, 0.25) is 0 Å². The van der Waals surface area contributed by atoms with Crippen molar-refractivity contribution in [3.8, 4) is 0 Å². The molecule has 0 aromatic heterocycles. The Morgan fingerprint density at radius 3 is 1.57 bits per heavy atom. The molecule has 0 amide bonds. The monoisotopic (exact) mass is 394 g/mol. The Morgan fingerprint density at radius 1 is 0.821 bits per heavy atom. The first-order chi connectivity index (χ1) is 13.7. The fourth-order valence-electron chi connectivity index (χ4n) is 3.29. The van der Waals surface area contributed by atoms with Crippen LogP contribution in [-0.2, 0) is 19.9 Å². The van der Waals surface area contributed by atoms with Gasteiger partial charge in [0.2, 0.25) is 0 Å². The number of benzene rings is 3. The first kappa shape index (κ1) is 20.1. The number of ether oxygens (including phenoxy) is 2. The van der Waals surface area contributed by atoms with E-state index < -0.39 is 17.7 Å². The van der Waals surface area contributed by atoms with Gasteiger partial charge < -0.3 is 9.47 Å². The van der Waals surface area contributed by atoms with Gasteiger partial charge in [0.05, 0.1) is 5.88 Å². The summed E-state index contributed by atoms with van der Waals surface area (Å²) in [5.74, 6) is -0.188. The molecule has 3 aromatic carbocycles. The van der Waals surface area contributed by atoms with E-state index in [1.54, 1.807) is 6.92 Å². The van der Waals surface area contributed by atoms with Gasteiger partial charge >= 0.3 is 5.97 Å². The second-order valence-corrected chi connectivity index (χ2v) is 6.77. The Morgan fingerprint density at radius 2 is 1.21 bits per heavy atom. The lowest BCUT2D eigenvalue weighted by molar-refractivity contribution is -0.162. The van der Waals surface area contributed by atoms with E-state index in [1.165, 1.54) is 0 Å². The van der Waals surface area contributed by atoms with Crippen LogP contribution in [0.5, 0.6) is 0 Å². The van der Waals surface area contributed by atoms with Gasteiger partial charge in [-0.1, -0.05) is 91.0 Å². The Kier molecular flexibility index (Phi) is 6.85. The molecule has 4 heteroatoms. The van der Waals surface area contributed by atoms with Gasteiger partial charge in [0.1, 0.15) is 12.2 Å². The standard InChI is InChI=1S/C24H23ClO3/c1-19(23(26)27-18-17-25)28-24(20-11-5-2-6-12-20,21-13-7-3-8-14-21)22-15-9-4-10-16-22/h2-16,19H,17-18H2,1H3/t19-/m1/s1. The average molecular weight is 395 g/mol. The molecule has 3 aromatic rings. The molecule has 0 unspecified atom stereocenters. The summed E-state index contributed by atoms with van der Waals surface area (Å²) < 4.78 is 11.7. The molecule has 0 heterocycles. The Hall–Kier alpha value is -2.62. The third-order valence-corrected chi connectivity index (χ3v) is 4.70. The molecule has 0 bridgehead atoms. The van der Waals surface area contributed by atoms with E-state index in [9.17, 15) is 4.79 Å². The number of carbonyl (C=O) groups excluding carboxylic acids is 1. The maximum Gasteiger partial charge on any atom is 0.335 e. The second-order valence-electron chi connectivity index (χ2n) is 6.40. The van der Waals surface area contributed by atoms with Crippen LogP contribution in [0.1, 0.15) is 23.6 Å². The molecule has 0 fully saturated rings. The van der Waals surface area contributed by atoms with Gasteiger partial charge in [-0.2, -0.15) is 0 Å². The number of alkyl halides is 1. The summed E-state index contributed by atoms with van der Waals surface area (Å²) in [4.78, 5) is 12.5. The molecule has 0 radical (unpaired) electrons. The van der Waals surface area contributed by atoms with Gasteiger partial charge in [-0.25, -0.2) is 4.79 Å². The minimum absolute atomic E-state index is 0.156. The highest BCUT2D eigenvalue weighted by Crippen LogP contribution is 2.41. The predicted molar refractivity (Wildman–Crippen MR) is 111 cm³/mol. The lowest BCUT2D eigenvalue weighted by Crippen LogP contribution is -2.39. The summed E-state index contributed by atoms with van der Waals surface area (Å²) in [6.07, 6.45) is -0.788. The van der Waals surface area contributed by atoms with Crippen LogP contribution in [0.3, 0.4) is 0 Å². The van der Waals surface area contributed by atoms with Crippen molar-refractivity contribution < 1.29 is 14.3 Å². The van der Waals surface area contributed by atoms with Crippen LogP contribution < -0.4 is 0 Å². The molecule has 0 aliphatic rings. The maximum atomic E-state index is 12.5. The van der Waals surface area contributed by atoms with E-state index in [4.69, 9.17) is 21.1 Å². The largest absolute Gasteiger partial charge is 0.463 e. The number of carbonyl (C=O) groups is 1. The first-order valence-corrected chi connectivity index (χ1v) is 9.79. The fraction of sp³-hybridized carbons (Fsp3) is 0.208. The van der Waals surface area contributed by atoms with E-state index in [-0.39, 0.29) is 12.5 Å². The minimum atomic E-state index is -0.955. The highest BCUT2D eigenvalue weighted by atomic mass is 35.5. The second kappa shape index (κ2) is 9.54. The van der Waals surface area contributed by atoms with Crippen LogP contribution in [0.4, 0.5) is 0 Å². The van der Waals surface area contributed by atoms with Crippen molar-refractivity contribution in [3.05, 3.63) is 108 Å². The zero-order chi connectivity index (χ0) is 19.8. The number of halogens is 1. The fourth-order valence-corrected chi connectivity index (χ4v) is 3.37. The molecule has 0 aliphatic carbocycles. The van der Waals surface area contributed by atoms with Crippen LogP contribution >= 0.6 is 11.6 Å². The summed E-state index contributed by atoms with van der Waals surface area (Å²) in [5.41, 5.74) is 1.85. The van der Waals surface area contributed by atoms with E-state index in [0.29, 0.717) is 0 Å². The maximum absolute atomic E-state index is 12.5. The third kappa shape index (κ3) is 4.27. The van der Waals surface area contributed by atoms with Crippen molar-refractivity contribution in [2.24, 2.45) is 0 Å². The van der Waals surface area contributed by atoms with Crippen molar-refractivity contribution in [1.29, 1.82) is 0 Å². The molecule has 0 saturated carbocycles. The van der Waals surface area contributed by atoms with Crippen molar-refractivity contribution >= 4 is 17.6 Å². The lowest BCUT2D eigenvalue weighted by Gasteiger charge is -2.37. The van der Waals surface area contributed by atoms with Crippen LogP contribution in [0.25, 0.3) is 0 Å². The van der Waals surface area contributed by atoms with Crippen molar-refractivity contribution in [1.82, 2.24) is 0 Å². The molecule has 0 N–H and O–H groups in total. The van der Waals surface area contributed by atoms with Gasteiger partial charge in [-0.05, 0) is 23.6 Å². The summed E-state index contributed by atoms with van der Waals surface area (Å²) >= 11 is 5.65. The number of esters is 1. The van der Waals surface area contributed by atoms with Gasteiger partial charge in [0.15, 0.2) is 6.10 Å². The molecule has 0 spiro atoms. The molecular weight excluding hydrogens is 372 g/mol. The summed E-state index contributed by atoms with van der Waals surface area (Å²) in [6, 6.07) is 29.8. The molecular formula is C24H23ClO3. The van der Waals surface area contributed by atoms with Crippen LogP contribution in [-0.4, -0.2) is 24.6 Å². The molecule has 0 saturated heterocycles. The van der Waals surface area contributed by atoms with E-state index >= 15 is 0 Å². The zero-order valence-electron chi connectivity index (χ0n) is 15.8. The number of rotatable bonds is 8. The number of hydrogen-bond acceptors (Lipinski definition) is 3. The lowest BCUT2D eigenvalue weighted by atomic mass is 9.80. The smallest absolute Gasteiger partial charge is 0.335 e. The number of hydrogen-bond donors (Lipinski definition) is 0. The Balaban J connectivity index is 2.15. The third-order valence-electron chi connectivity index (χ3n) is 4.55. The molecule has 3 nitrogen and oxygen atoms in total. The summed E-state index contributed by atoms with van der Waals surface area (Å²) in [5, 5.41) is 0. The Bertz CT molecular complexity index is 769. The van der Waals surface area contributed by atoms with Gasteiger partial charge in [0.25, 0.3) is 0 Å². The topological polar surface area (TPSA) is 35.5 Å². The van der Waals surface area contributed by atoms with Crippen molar-refractivity contribution in [2.75, 3.05) is 12.5 Å². The quantitative estimate of drug-likeness (QED) is 0.300. The minimum Gasteiger partial charge on any atom is -0.463 e. The van der Waals surface area contributed by atoms with Gasteiger partial charge in [-0.3, -0.25) is 0 Å². The van der Waals surface area contributed by atoms with Crippen LogP contribution in [0, 0.1) is 0 Å². The van der Waals surface area contributed by atoms with Crippen LogP contribution in [0.15, 0.2) is 91.0 Å². The Labute approximate surface area is 170 Å². The molecule has 3 rings (SSSR count). The first-order valence-electron chi connectivity index (χ1n) is 9.25. The van der Waals surface area contributed by atoms with Gasteiger partial charge in [0, 0.05) is 0 Å². The molecule has 144 valence electrons. The summed E-state index contributed by atoms with van der Waals surface area (Å²) in [6.45, 7) is 1.86. The molecule has 0 aliphatic heterocycles. The average Bonchev–Trinajstić information content (AvgIpc) is 2.77. The van der Waals surface area contributed by atoms with Crippen molar-refractivity contribution in [3.63, 3.8) is 0 Å². The van der Waals surface area contributed by atoms with Crippen molar-refractivity contribution in [2.45, 2.75) is 18.6 Å². The highest BCUT2D eigenvalue weighted by molar-refractivity contribution is 6.18. The normalized spacial score (nSPS) is 12.4. The van der Waals surface area contributed by atoms with E-state index in [0.717, 1.165) is 16.7 Å². The van der Waals surface area contributed by atoms with Gasteiger partial charge in [-0.15, -0.1) is 11.6 Å². The van der Waals surface area contributed by atoms with E-state index in [1.807, 2.05) is 91.0 Å². The van der Waals surface area contributed by atoms with E-state index in [2.05, 4.69) is 0 Å². The SMILES string of the molecule is C[C@@H](OC(c1ccccc1)(c1ccccc1)c1ccccc1)C(=O)OCCCl. The summed E-state index contributed by atoms with van der Waals surface area (Å²) in [7, 11) is 0. The predicted octanol–water partition coefficient (Wildman–Crippen LogP) is 5.17. The molecule has 28 heavy (non-hydrogen) atoms. The zero-order valence-corrected chi connectivity index (χ0v) is 16.5. The molecule has 1 atom stereocenters.